The van der Waals surface area contributed by atoms with Gasteiger partial charge in [-0.25, -0.2) is 4.98 Å². The second-order valence-corrected chi connectivity index (χ2v) is 6.40. The molecule has 2 aromatic heterocycles. The van der Waals surface area contributed by atoms with Crippen molar-refractivity contribution in [3.8, 4) is 17.9 Å². The van der Waals surface area contributed by atoms with E-state index in [0.29, 0.717) is 35.1 Å². The predicted octanol–water partition coefficient (Wildman–Crippen LogP) is 3.07. The van der Waals surface area contributed by atoms with Crippen LogP contribution in [0.15, 0.2) is 18.3 Å². The maximum absolute atomic E-state index is 8.69. The van der Waals surface area contributed by atoms with Gasteiger partial charge in [0.2, 0.25) is 5.95 Å². The van der Waals surface area contributed by atoms with E-state index in [2.05, 4.69) is 38.2 Å². The third kappa shape index (κ3) is 4.82. The van der Waals surface area contributed by atoms with E-state index < -0.39 is 5.41 Å². The molecule has 0 saturated carbocycles. The number of nitrogen functional groups attached to an aromatic ring is 1. The van der Waals surface area contributed by atoms with Gasteiger partial charge in [0.15, 0.2) is 0 Å². The summed E-state index contributed by atoms with van der Waals surface area (Å²) in [5.74, 6) is 7.06. The molecule has 0 amide bonds. The number of nitrogens with two attached hydrogens (primary N) is 1. The molecule has 0 aliphatic heterocycles. The van der Waals surface area contributed by atoms with E-state index in [9.17, 15) is 0 Å². The Bertz CT molecular complexity index is 856. The van der Waals surface area contributed by atoms with Crippen molar-refractivity contribution in [3.05, 3.63) is 40.3 Å². The number of hydrogen-bond donors (Lipinski definition) is 2. The van der Waals surface area contributed by atoms with Crippen molar-refractivity contribution in [3.63, 3.8) is 0 Å². The Morgan fingerprint density at radius 3 is 2.72 bits per heavy atom. The minimum Gasteiger partial charge on any atom is -0.368 e. The Kier molecular flexibility index (Phi) is 5.80. The van der Waals surface area contributed by atoms with E-state index in [4.69, 9.17) is 22.6 Å². The largest absolute Gasteiger partial charge is 0.368 e. The van der Waals surface area contributed by atoms with Gasteiger partial charge in [-0.3, -0.25) is 4.98 Å². The van der Waals surface area contributed by atoms with Crippen molar-refractivity contribution in [2.75, 3.05) is 17.6 Å². The predicted molar refractivity (Wildman–Crippen MR) is 99.1 cm³/mol. The van der Waals surface area contributed by atoms with E-state index in [-0.39, 0.29) is 5.95 Å². The van der Waals surface area contributed by atoms with Crippen molar-refractivity contribution in [1.82, 2.24) is 15.0 Å². The molecule has 0 radical (unpaired) electrons. The lowest BCUT2D eigenvalue weighted by atomic mass is 9.89. The molecular weight excluding hydrogens is 336 g/mol. The van der Waals surface area contributed by atoms with Crippen molar-refractivity contribution in [1.29, 1.82) is 5.26 Å². The molecule has 2 rings (SSSR count). The summed E-state index contributed by atoms with van der Waals surface area (Å²) in [5, 5.41) is 12.4. The van der Waals surface area contributed by atoms with Crippen LogP contribution in [-0.4, -0.2) is 21.5 Å². The molecule has 25 heavy (non-hydrogen) atoms. The van der Waals surface area contributed by atoms with Crippen molar-refractivity contribution in [2.24, 2.45) is 0 Å². The van der Waals surface area contributed by atoms with E-state index in [1.807, 2.05) is 26.8 Å². The molecular formula is C18H19ClN6. The summed E-state index contributed by atoms with van der Waals surface area (Å²) in [6, 6.07) is 5.72. The van der Waals surface area contributed by atoms with E-state index in [1.165, 1.54) is 0 Å². The third-order valence-corrected chi connectivity index (χ3v) is 3.73. The molecule has 128 valence electrons. The number of rotatable bonds is 4. The first kappa shape index (κ1) is 18.5. The van der Waals surface area contributed by atoms with Crippen LogP contribution in [0.2, 0.25) is 5.02 Å². The molecule has 0 atom stereocenters. The van der Waals surface area contributed by atoms with E-state index in [0.717, 1.165) is 5.69 Å². The van der Waals surface area contributed by atoms with Crippen LogP contribution < -0.4 is 11.1 Å². The van der Waals surface area contributed by atoms with Gasteiger partial charge >= 0.3 is 0 Å². The molecule has 6 nitrogen and oxygen atoms in total. The molecule has 2 heterocycles. The molecule has 0 aromatic carbocycles. The highest BCUT2D eigenvalue weighted by Gasteiger charge is 2.19. The van der Waals surface area contributed by atoms with Gasteiger partial charge in [0.1, 0.15) is 5.82 Å². The normalized spacial score (nSPS) is 10.5. The van der Waals surface area contributed by atoms with Crippen LogP contribution in [0.3, 0.4) is 0 Å². The molecule has 0 aliphatic carbocycles. The Morgan fingerprint density at radius 1 is 1.32 bits per heavy atom. The highest BCUT2D eigenvalue weighted by molar-refractivity contribution is 6.30. The van der Waals surface area contributed by atoms with Crippen LogP contribution in [0.25, 0.3) is 0 Å². The van der Waals surface area contributed by atoms with Gasteiger partial charge in [-0.05, 0) is 32.9 Å². The van der Waals surface area contributed by atoms with Gasteiger partial charge in [-0.15, -0.1) is 0 Å². The van der Waals surface area contributed by atoms with Gasteiger partial charge in [0.05, 0.1) is 39.9 Å². The number of aromatic nitrogens is 3. The topological polar surface area (TPSA) is 101 Å². The summed E-state index contributed by atoms with van der Waals surface area (Å²) in [6.07, 6.45) is 1.96. The summed E-state index contributed by atoms with van der Waals surface area (Å²) in [5.41, 5.74) is 7.40. The van der Waals surface area contributed by atoms with Crippen LogP contribution in [0.4, 0.5) is 11.8 Å². The number of halogens is 1. The average Bonchev–Trinajstić information content (AvgIpc) is 2.54. The SMILES string of the molecule is Cc1nc(N)nc(NCCC#N)c1C#CC(C)(C)c1ccc(Cl)cn1. The first-order valence-electron chi connectivity index (χ1n) is 7.73. The van der Waals surface area contributed by atoms with Crippen molar-refractivity contribution >= 4 is 23.4 Å². The second kappa shape index (κ2) is 7.83. The summed E-state index contributed by atoms with van der Waals surface area (Å²) >= 11 is 5.89. The fraction of sp³-hybridized carbons (Fsp3) is 0.333. The molecule has 3 N–H and O–H groups in total. The monoisotopic (exact) mass is 354 g/mol. The number of nitrogens with zero attached hydrogens (tertiary/aromatic N) is 4. The zero-order valence-corrected chi connectivity index (χ0v) is 15.1. The Hall–Kier alpha value is -2.83. The average molecular weight is 355 g/mol. The number of hydrogen-bond acceptors (Lipinski definition) is 6. The highest BCUT2D eigenvalue weighted by Crippen LogP contribution is 2.23. The summed E-state index contributed by atoms with van der Waals surface area (Å²) in [4.78, 5) is 12.7. The summed E-state index contributed by atoms with van der Waals surface area (Å²) < 4.78 is 0. The maximum Gasteiger partial charge on any atom is 0.222 e. The fourth-order valence-electron chi connectivity index (χ4n) is 2.14. The number of pyridine rings is 1. The molecule has 0 fully saturated rings. The Labute approximate surface area is 152 Å². The molecule has 0 bridgehead atoms. The Morgan fingerprint density at radius 2 is 2.08 bits per heavy atom. The van der Waals surface area contributed by atoms with Crippen LogP contribution in [0, 0.1) is 30.1 Å². The summed E-state index contributed by atoms with van der Waals surface area (Å²) in [7, 11) is 0. The zero-order chi connectivity index (χ0) is 18.4. The zero-order valence-electron chi connectivity index (χ0n) is 14.4. The first-order valence-corrected chi connectivity index (χ1v) is 8.11. The van der Waals surface area contributed by atoms with Crippen LogP contribution in [0.1, 0.15) is 37.2 Å². The summed E-state index contributed by atoms with van der Waals surface area (Å²) in [6.45, 7) is 6.24. The van der Waals surface area contributed by atoms with Gasteiger partial charge in [-0.1, -0.05) is 23.4 Å². The van der Waals surface area contributed by atoms with Gasteiger partial charge in [0, 0.05) is 12.7 Å². The van der Waals surface area contributed by atoms with Crippen LogP contribution in [-0.2, 0) is 5.41 Å². The molecule has 2 aromatic rings. The van der Waals surface area contributed by atoms with Gasteiger partial charge in [-0.2, -0.15) is 10.2 Å². The van der Waals surface area contributed by atoms with Crippen LogP contribution in [0.5, 0.6) is 0 Å². The number of nitrogens with one attached hydrogen (secondary N) is 1. The van der Waals surface area contributed by atoms with Gasteiger partial charge in [0.25, 0.3) is 0 Å². The molecule has 0 spiro atoms. The van der Waals surface area contributed by atoms with Crippen molar-refractivity contribution in [2.45, 2.75) is 32.6 Å². The minimum atomic E-state index is -0.484. The number of nitriles is 1. The number of aryl methyl sites for hydroxylation is 1. The molecule has 7 heteroatoms. The molecule has 0 aliphatic rings. The van der Waals surface area contributed by atoms with Crippen LogP contribution >= 0.6 is 11.6 Å². The quantitative estimate of drug-likeness (QED) is 0.646. The molecule has 0 unspecified atom stereocenters. The second-order valence-electron chi connectivity index (χ2n) is 5.96. The first-order chi connectivity index (χ1) is 11.8. The van der Waals surface area contributed by atoms with E-state index >= 15 is 0 Å². The fourth-order valence-corrected chi connectivity index (χ4v) is 2.25. The lowest BCUT2D eigenvalue weighted by Crippen LogP contribution is -2.16. The lowest BCUT2D eigenvalue weighted by Gasteiger charge is -2.17. The number of anilines is 2. The minimum absolute atomic E-state index is 0.168. The smallest absolute Gasteiger partial charge is 0.222 e. The van der Waals surface area contributed by atoms with Crippen molar-refractivity contribution < 1.29 is 0 Å². The molecule has 0 saturated heterocycles. The lowest BCUT2D eigenvalue weighted by molar-refractivity contribution is 0.670. The Balaban J connectivity index is 2.38. The standard InChI is InChI=1S/C18H19ClN6/c1-12-14(16(22-10-4-9-20)25-17(21)24-12)7-8-18(2,3)15-6-5-13(19)11-23-15/h5-6,11H,4,10H2,1-3H3,(H3,21,22,24,25). The van der Waals surface area contributed by atoms with E-state index in [1.54, 1.807) is 12.3 Å². The third-order valence-electron chi connectivity index (χ3n) is 3.50. The maximum atomic E-state index is 8.69. The van der Waals surface area contributed by atoms with Gasteiger partial charge < -0.3 is 11.1 Å². The highest BCUT2D eigenvalue weighted by atomic mass is 35.5.